The number of hydrogen-bond donors (Lipinski definition) is 0. The zero-order chi connectivity index (χ0) is 20.4. The number of ether oxygens (including phenoxy) is 2. The first-order valence-corrected chi connectivity index (χ1v) is 9.74. The number of hydrogen-bond acceptors (Lipinski definition) is 5. The maximum Gasteiger partial charge on any atom is 0.304 e. The van der Waals surface area contributed by atoms with E-state index in [1.165, 1.54) is 13.2 Å². The minimum Gasteiger partial charge on any atom is -0.469 e. The van der Waals surface area contributed by atoms with E-state index in [1.807, 2.05) is 0 Å². The maximum atomic E-state index is 12.7. The SMILES string of the molecule is CC[C@H](C)C[C@H](C)CCC1=CC2=C(Cl)C(=O)[C@@](C)(OC(C)=O)C(=O)C2=CO1. The largest absolute Gasteiger partial charge is 0.469 e. The van der Waals surface area contributed by atoms with Gasteiger partial charge in [0.05, 0.1) is 10.6 Å². The molecule has 0 radical (unpaired) electrons. The summed E-state index contributed by atoms with van der Waals surface area (Å²) in [6.07, 6.45) is 6.89. The molecule has 0 spiro atoms. The van der Waals surface area contributed by atoms with Gasteiger partial charge >= 0.3 is 5.97 Å². The van der Waals surface area contributed by atoms with Crippen molar-refractivity contribution in [3.8, 4) is 0 Å². The number of halogens is 1. The second kappa shape index (κ2) is 8.42. The zero-order valence-corrected chi connectivity index (χ0v) is 17.3. The summed E-state index contributed by atoms with van der Waals surface area (Å²) in [5.41, 5.74) is -1.45. The van der Waals surface area contributed by atoms with Crippen LogP contribution in [0, 0.1) is 11.8 Å². The van der Waals surface area contributed by atoms with Gasteiger partial charge in [0.1, 0.15) is 12.0 Å². The highest BCUT2D eigenvalue weighted by molar-refractivity contribution is 6.49. The lowest BCUT2D eigenvalue weighted by Crippen LogP contribution is -2.51. The van der Waals surface area contributed by atoms with Crippen LogP contribution in [0.2, 0.25) is 0 Å². The summed E-state index contributed by atoms with van der Waals surface area (Å²) in [7, 11) is 0. The summed E-state index contributed by atoms with van der Waals surface area (Å²) < 4.78 is 10.6. The van der Waals surface area contributed by atoms with Crippen molar-refractivity contribution in [2.75, 3.05) is 0 Å². The Labute approximate surface area is 165 Å². The molecule has 0 amide bonds. The molecule has 0 fully saturated rings. The van der Waals surface area contributed by atoms with Crippen molar-refractivity contribution in [1.82, 2.24) is 0 Å². The second-order valence-electron chi connectivity index (χ2n) is 7.67. The number of carbonyl (C=O) groups excluding carboxylic acids is 3. The summed E-state index contributed by atoms with van der Waals surface area (Å²) in [5.74, 6) is -0.171. The van der Waals surface area contributed by atoms with E-state index in [9.17, 15) is 14.4 Å². The summed E-state index contributed by atoms with van der Waals surface area (Å²) in [6.45, 7) is 9.04. The van der Waals surface area contributed by atoms with E-state index in [0.717, 1.165) is 26.2 Å². The molecule has 1 aliphatic heterocycles. The Morgan fingerprint density at radius 1 is 1.26 bits per heavy atom. The molecule has 0 aromatic heterocycles. The third-order valence-electron chi connectivity index (χ3n) is 5.20. The molecule has 0 aromatic rings. The van der Waals surface area contributed by atoms with E-state index >= 15 is 0 Å². The molecule has 148 valence electrons. The minimum absolute atomic E-state index is 0.113. The van der Waals surface area contributed by atoms with Gasteiger partial charge in [-0.3, -0.25) is 14.4 Å². The molecular weight excluding hydrogens is 368 g/mol. The predicted molar refractivity (Wildman–Crippen MR) is 103 cm³/mol. The average molecular weight is 395 g/mol. The third kappa shape index (κ3) is 4.52. The summed E-state index contributed by atoms with van der Waals surface area (Å²) in [6, 6.07) is 0. The third-order valence-corrected chi connectivity index (χ3v) is 5.58. The van der Waals surface area contributed by atoms with Crippen LogP contribution in [0.15, 0.2) is 34.3 Å². The molecular formula is C21H27ClO5. The van der Waals surface area contributed by atoms with Gasteiger partial charge in [-0.15, -0.1) is 0 Å². The average Bonchev–Trinajstić information content (AvgIpc) is 2.62. The lowest BCUT2D eigenvalue weighted by atomic mass is 9.80. The fourth-order valence-electron chi connectivity index (χ4n) is 3.39. The minimum atomic E-state index is -1.95. The highest BCUT2D eigenvalue weighted by atomic mass is 35.5. The first-order valence-electron chi connectivity index (χ1n) is 9.36. The Morgan fingerprint density at radius 2 is 1.93 bits per heavy atom. The molecule has 3 atom stereocenters. The van der Waals surface area contributed by atoms with Gasteiger partial charge in [-0.1, -0.05) is 38.8 Å². The van der Waals surface area contributed by atoms with E-state index < -0.39 is 23.1 Å². The van der Waals surface area contributed by atoms with E-state index in [4.69, 9.17) is 21.1 Å². The van der Waals surface area contributed by atoms with E-state index in [2.05, 4.69) is 20.8 Å². The van der Waals surface area contributed by atoms with Crippen molar-refractivity contribution in [2.24, 2.45) is 11.8 Å². The van der Waals surface area contributed by atoms with Crippen LogP contribution < -0.4 is 0 Å². The Bertz CT molecular complexity index is 746. The lowest BCUT2D eigenvalue weighted by molar-refractivity contribution is -0.167. The van der Waals surface area contributed by atoms with Crippen LogP contribution in [-0.4, -0.2) is 23.1 Å². The maximum absolute atomic E-state index is 12.7. The predicted octanol–water partition coefficient (Wildman–Crippen LogP) is 4.60. The van der Waals surface area contributed by atoms with Gasteiger partial charge in [-0.05, 0) is 37.7 Å². The topological polar surface area (TPSA) is 69.7 Å². The van der Waals surface area contributed by atoms with Crippen LogP contribution in [0.4, 0.5) is 0 Å². The number of Topliss-reactive ketones (excluding diaryl/α,β-unsaturated/α-hetero) is 2. The van der Waals surface area contributed by atoms with E-state index in [-0.39, 0.29) is 10.6 Å². The molecule has 2 aliphatic rings. The van der Waals surface area contributed by atoms with Crippen molar-refractivity contribution >= 4 is 29.1 Å². The molecule has 5 nitrogen and oxygen atoms in total. The number of allylic oxidation sites excluding steroid dienone is 3. The van der Waals surface area contributed by atoms with Gasteiger partial charge in [0.25, 0.3) is 0 Å². The van der Waals surface area contributed by atoms with Gasteiger partial charge in [-0.25, -0.2) is 0 Å². The van der Waals surface area contributed by atoms with Crippen LogP contribution >= 0.6 is 11.6 Å². The molecule has 2 rings (SSSR count). The highest BCUT2D eigenvalue weighted by Gasteiger charge is 2.52. The van der Waals surface area contributed by atoms with Gasteiger partial charge < -0.3 is 9.47 Å². The van der Waals surface area contributed by atoms with Crippen molar-refractivity contribution < 1.29 is 23.9 Å². The lowest BCUT2D eigenvalue weighted by Gasteiger charge is -2.32. The Hall–Kier alpha value is -1.88. The molecule has 0 unspecified atom stereocenters. The van der Waals surface area contributed by atoms with Gasteiger partial charge in [0.2, 0.25) is 17.2 Å². The Balaban J connectivity index is 2.19. The number of rotatable bonds is 7. The number of fused-ring (bicyclic) bond motifs is 1. The molecule has 27 heavy (non-hydrogen) atoms. The van der Waals surface area contributed by atoms with Crippen LogP contribution in [0.5, 0.6) is 0 Å². The standard InChI is InChI=1S/C21H27ClO5/c1-6-12(2)9-13(3)7-8-15-10-16-17(11-26-15)19(24)21(5,27-14(4)23)20(25)18(16)22/h10-13H,6-9H2,1-5H3/t12-,13+,21-/m0/s1. The van der Waals surface area contributed by atoms with E-state index in [1.54, 1.807) is 6.08 Å². The first kappa shape index (κ1) is 21.4. The van der Waals surface area contributed by atoms with Crippen LogP contribution in [0.25, 0.3) is 0 Å². The quantitative estimate of drug-likeness (QED) is 0.466. The zero-order valence-electron chi connectivity index (χ0n) is 16.6. The molecule has 0 aromatic carbocycles. The Morgan fingerprint density at radius 3 is 2.52 bits per heavy atom. The smallest absolute Gasteiger partial charge is 0.304 e. The summed E-state index contributed by atoms with van der Waals surface area (Å²) in [4.78, 5) is 36.6. The van der Waals surface area contributed by atoms with Crippen molar-refractivity contribution in [2.45, 2.75) is 65.9 Å². The molecule has 0 saturated heterocycles. The monoisotopic (exact) mass is 394 g/mol. The van der Waals surface area contributed by atoms with Crippen molar-refractivity contribution in [1.29, 1.82) is 0 Å². The summed E-state index contributed by atoms with van der Waals surface area (Å²) in [5, 5.41) is -0.113. The summed E-state index contributed by atoms with van der Waals surface area (Å²) >= 11 is 6.24. The van der Waals surface area contributed by atoms with Gasteiger partial charge in [0, 0.05) is 18.9 Å². The molecule has 0 N–H and O–H groups in total. The number of ketones is 2. The molecule has 1 heterocycles. The number of esters is 1. The van der Waals surface area contributed by atoms with Crippen molar-refractivity contribution in [3.63, 3.8) is 0 Å². The van der Waals surface area contributed by atoms with Crippen molar-refractivity contribution in [3.05, 3.63) is 34.3 Å². The Kier molecular flexibility index (Phi) is 6.68. The van der Waals surface area contributed by atoms with E-state index in [0.29, 0.717) is 29.6 Å². The fourth-order valence-corrected chi connectivity index (χ4v) is 3.73. The van der Waals surface area contributed by atoms with Crippen LogP contribution in [0.3, 0.4) is 0 Å². The highest BCUT2D eigenvalue weighted by Crippen LogP contribution is 2.39. The first-order chi connectivity index (χ1) is 12.6. The molecule has 6 heteroatoms. The van der Waals surface area contributed by atoms with Gasteiger partial charge in [0.15, 0.2) is 0 Å². The van der Waals surface area contributed by atoms with Crippen LogP contribution in [0.1, 0.15) is 60.3 Å². The fraction of sp³-hybridized carbons (Fsp3) is 0.571. The number of carbonyl (C=O) groups is 3. The molecule has 0 saturated carbocycles. The molecule has 0 bridgehead atoms. The second-order valence-corrected chi connectivity index (χ2v) is 8.04. The normalized spacial score (nSPS) is 24.5. The van der Waals surface area contributed by atoms with Gasteiger partial charge in [-0.2, -0.15) is 0 Å². The van der Waals surface area contributed by atoms with Crippen LogP contribution in [-0.2, 0) is 23.9 Å². The molecule has 1 aliphatic carbocycles.